The topological polar surface area (TPSA) is 78.1 Å². The zero-order chi connectivity index (χ0) is 22.3. The van der Waals surface area contributed by atoms with Crippen molar-refractivity contribution < 1.29 is 27.4 Å². The first-order valence-corrected chi connectivity index (χ1v) is 10.1. The lowest BCUT2D eigenvalue weighted by molar-refractivity contribution is -0.0906. The maximum atomic E-state index is 13.4. The van der Waals surface area contributed by atoms with Gasteiger partial charge in [-0.15, -0.1) is 0 Å². The van der Waals surface area contributed by atoms with Gasteiger partial charge in [0.2, 0.25) is 0 Å². The summed E-state index contributed by atoms with van der Waals surface area (Å²) in [6.07, 6.45) is -2.65. The van der Waals surface area contributed by atoms with Gasteiger partial charge >= 0.3 is 17.9 Å². The van der Waals surface area contributed by atoms with Gasteiger partial charge in [-0.1, -0.05) is 0 Å². The van der Waals surface area contributed by atoms with Gasteiger partial charge in [-0.3, -0.25) is 4.79 Å². The number of ether oxygens (including phenoxy) is 2. The van der Waals surface area contributed by atoms with Gasteiger partial charge in [0.25, 0.3) is 11.6 Å². The molecule has 3 heterocycles. The number of aliphatic imine (C=N–C) groups is 1. The molecular formula is C21H22F3N4O3+. The molecule has 1 aliphatic carbocycles. The van der Waals surface area contributed by atoms with E-state index in [1.807, 2.05) is 19.7 Å². The number of amides is 1. The van der Waals surface area contributed by atoms with E-state index in [0.717, 1.165) is 12.6 Å². The highest BCUT2D eigenvalue weighted by Crippen LogP contribution is 2.44. The zero-order valence-corrected chi connectivity index (χ0v) is 17.3. The third kappa shape index (κ3) is 3.96. The Morgan fingerprint density at radius 1 is 1.35 bits per heavy atom. The van der Waals surface area contributed by atoms with E-state index < -0.39 is 18.0 Å². The summed E-state index contributed by atoms with van der Waals surface area (Å²) in [6.45, 7) is 6.03. The predicted octanol–water partition coefficient (Wildman–Crippen LogP) is 2.46. The van der Waals surface area contributed by atoms with Crippen LogP contribution < -0.4 is 9.40 Å². The van der Waals surface area contributed by atoms with E-state index in [2.05, 4.69) is 14.6 Å². The van der Waals surface area contributed by atoms with Crippen molar-refractivity contribution in [3.8, 4) is 5.75 Å². The van der Waals surface area contributed by atoms with E-state index in [-0.39, 0.29) is 35.5 Å². The van der Waals surface area contributed by atoms with E-state index in [9.17, 15) is 18.0 Å². The van der Waals surface area contributed by atoms with Crippen LogP contribution in [0.25, 0.3) is 0 Å². The van der Waals surface area contributed by atoms with Gasteiger partial charge in [-0.25, -0.2) is 9.98 Å². The van der Waals surface area contributed by atoms with Crippen LogP contribution in [-0.2, 0) is 4.74 Å². The number of fused-ring (bicyclic) bond motifs is 2. The minimum absolute atomic E-state index is 0.0145. The van der Waals surface area contributed by atoms with E-state index in [4.69, 9.17) is 9.47 Å². The van der Waals surface area contributed by atoms with Crippen molar-refractivity contribution in [2.45, 2.75) is 58.0 Å². The quantitative estimate of drug-likeness (QED) is 0.681. The average molecular weight is 435 g/mol. The number of hydrogen-bond donors (Lipinski definition) is 0. The van der Waals surface area contributed by atoms with Crippen LogP contribution in [0.15, 0.2) is 22.8 Å². The highest BCUT2D eigenvalue weighted by atomic mass is 19.4. The van der Waals surface area contributed by atoms with Crippen LogP contribution in [0.5, 0.6) is 5.75 Å². The number of halogens is 3. The molecule has 0 N–H and O–H groups in total. The molecule has 164 valence electrons. The summed E-state index contributed by atoms with van der Waals surface area (Å²) in [4.78, 5) is 22.9. The number of hydrogen-bond acceptors (Lipinski definition) is 5. The summed E-state index contributed by atoms with van der Waals surface area (Å²) in [5.41, 5.74) is -0.248. The number of rotatable bonds is 4. The van der Waals surface area contributed by atoms with Gasteiger partial charge in [-0.05, 0) is 51.7 Å². The van der Waals surface area contributed by atoms with E-state index in [1.54, 1.807) is 24.0 Å². The molecule has 7 nitrogen and oxygen atoms in total. The summed E-state index contributed by atoms with van der Waals surface area (Å²) in [5, 5.41) is 0. The Balaban J connectivity index is 1.58. The van der Waals surface area contributed by atoms with E-state index >= 15 is 0 Å². The van der Waals surface area contributed by atoms with Crippen molar-refractivity contribution in [2.75, 3.05) is 6.61 Å². The summed E-state index contributed by atoms with van der Waals surface area (Å²) in [7, 11) is 0. The Bertz CT molecular complexity index is 1040. The van der Waals surface area contributed by atoms with E-state index in [0.29, 0.717) is 24.5 Å². The Hall–Kier alpha value is -3.09. The molecule has 2 fully saturated rings. The van der Waals surface area contributed by atoms with Crippen LogP contribution in [0.1, 0.15) is 42.9 Å². The number of allylic oxidation sites excluding steroid dienone is 1. The maximum Gasteiger partial charge on any atom is 0.519 e. The zero-order valence-electron chi connectivity index (χ0n) is 17.3. The largest absolute Gasteiger partial charge is 0.519 e. The number of likely N-dealkylation sites (tertiary alicyclic amines) is 1. The first kappa shape index (κ1) is 21.2. The smallest absolute Gasteiger partial charge is 0.491 e. The minimum atomic E-state index is -4.62. The standard InChI is InChI=1S/C21H22F3N4O3/c1-4-30-15-6-5-11(2)27-19(15)20(29)28-12(3)13-7-14(28)16(8-13)31-18-10-25-17(9-26-18)21(22,23)24/h5-6,10,12-14,16H,4,7-8H2,1-3H3/q+1. The summed E-state index contributed by atoms with van der Waals surface area (Å²) in [5.74, 6) is 2.22. The molecular weight excluding hydrogens is 413 g/mol. The van der Waals surface area contributed by atoms with Gasteiger partial charge in [0.15, 0.2) is 17.7 Å². The molecule has 4 atom stereocenters. The lowest BCUT2D eigenvalue weighted by Crippen LogP contribution is -2.51. The van der Waals surface area contributed by atoms with Crippen LogP contribution in [0.3, 0.4) is 0 Å². The second kappa shape index (κ2) is 7.87. The molecule has 0 aromatic carbocycles. The van der Waals surface area contributed by atoms with Crippen molar-refractivity contribution in [2.24, 2.45) is 10.9 Å². The minimum Gasteiger partial charge on any atom is -0.491 e. The number of pyridine rings is 1. The first-order chi connectivity index (χ1) is 14.7. The molecule has 10 heteroatoms. The van der Waals surface area contributed by atoms with Crippen molar-refractivity contribution in [3.05, 3.63) is 29.2 Å². The molecule has 1 saturated heterocycles. The van der Waals surface area contributed by atoms with Gasteiger partial charge < -0.3 is 14.4 Å². The Labute approximate surface area is 177 Å². The van der Waals surface area contributed by atoms with Crippen LogP contribution in [0, 0.1) is 12.8 Å². The van der Waals surface area contributed by atoms with E-state index in [1.165, 1.54) is 0 Å². The molecule has 0 spiro atoms. The Kier molecular flexibility index (Phi) is 5.37. The van der Waals surface area contributed by atoms with Crippen LogP contribution >= 0.6 is 0 Å². The molecule has 1 saturated carbocycles. The van der Waals surface area contributed by atoms with Gasteiger partial charge in [0.1, 0.15) is 6.10 Å². The third-order valence-electron chi connectivity index (χ3n) is 5.84. The van der Waals surface area contributed by atoms with Crippen molar-refractivity contribution in [3.63, 3.8) is 0 Å². The second-order valence-electron chi connectivity index (χ2n) is 7.81. The molecule has 1 aromatic rings. The molecule has 2 aliphatic heterocycles. The Morgan fingerprint density at radius 2 is 2.13 bits per heavy atom. The monoisotopic (exact) mass is 435 g/mol. The molecule has 4 rings (SSSR count). The molecule has 3 aliphatic rings. The molecule has 1 aromatic heterocycles. The summed E-state index contributed by atoms with van der Waals surface area (Å²) < 4.78 is 53.1. The molecule has 31 heavy (non-hydrogen) atoms. The molecule has 4 unspecified atom stereocenters. The number of piperidine rings is 1. The predicted molar refractivity (Wildman–Crippen MR) is 107 cm³/mol. The maximum absolute atomic E-state index is 13.4. The average Bonchev–Trinajstić information content (AvgIpc) is 3.26. The summed E-state index contributed by atoms with van der Waals surface area (Å²) >= 11 is 0. The fourth-order valence-corrected chi connectivity index (χ4v) is 4.42. The number of aromatic nitrogens is 1. The summed E-state index contributed by atoms with van der Waals surface area (Å²) in [6, 6.07) is 3.26. The number of carbonyl (C=O) groups excluding carboxylic acids is 1. The van der Waals surface area contributed by atoms with Crippen molar-refractivity contribution in [1.29, 1.82) is 0 Å². The SMILES string of the molecule is CCOc1ccc(C)nc1C(=O)N1C(C)C2CC(OC3=[N+]=C=C(C(F)(F)F)N=C3)C1C2. The van der Waals surface area contributed by atoms with Gasteiger partial charge in [-0.2, -0.15) is 13.2 Å². The number of aryl methyl sites for hydroxylation is 1. The van der Waals surface area contributed by atoms with Crippen LogP contribution in [0.2, 0.25) is 0 Å². The lowest BCUT2D eigenvalue weighted by Gasteiger charge is -2.36. The fourth-order valence-electron chi connectivity index (χ4n) is 4.42. The van der Waals surface area contributed by atoms with Gasteiger partial charge in [0, 0.05) is 16.4 Å². The number of nitrogens with zero attached hydrogens (tertiary/aromatic N) is 4. The number of alkyl halides is 3. The lowest BCUT2D eigenvalue weighted by atomic mass is 9.98. The van der Waals surface area contributed by atoms with Crippen molar-refractivity contribution >= 4 is 23.9 Å². The number of carbonyl (C=O) groups is 1. The Morgan fingerprint density at radius 3 is 2.74 bits per heavy atom. The molecule has 1 amide bonds. The highest BCUT2D eigenvalue weighted by Gasteiger charge is 2.54. The second-order valence-corrected chi connectivity index (χ2v) is 7.81. The third-order valence-corrected chi connectivity index (χ3v) is 5.84. The normalized spacial score (nSPS) is 26.7. The van der Waals surface area contributed by atoms with Crippen molar-refractivity contribution in [1.82, 2.24) is 14.6 Å². The van der Waals surface area contributed by atoms with Crippen LogP contribution in [-0.4, -0.2) is 64.7 Å². The first-order valence-electron chi connectivity index (χ1n) is 10.1. The molecule has 2 bridgehead atoms. The van der Waals surface area contributed by atoms with Crippen LogP contribution in [0.4, 0.5) is 13.2 Å². The fraction of sp³-hybridized carbons (Fsp3) is 0.524. The highest BCUT2D eigenvalue weighted by molar-refractivity contribution is 6.27. The van der Waals surface area contributed by atoms with Gasteiger partial charge in [0.05, 0.1) is 12.6 Å². The molecule has 0 radical (unpaired) electrons.